The van der Waals surface area contributed by atoms with Gasteiger partial charge in [0.2, 0.25) is 5.91 Å². The molecule has 0 aliphatic carbocycles. The van der Waals surface area contributed by atoms with Crippen LogP contribution in [0.25, 0.3) is 11.4 Å². The molecule has 6 nitrogen and oxygen atoms in total. The number of carbonyl (C=O) groups is 1. The van der Waals surface area contributed by atoms with E-state index in [9.17, 15) is 4.79 Å². The first kappa shape index (κ1) is 19.1. The standard InChI is InChI=1S/C17H21N5OS3/c1-4-5-13-8-12(9-25-13)15-20-21-17(22(15)11(2)3)26-10-14(23)19-16-18-6-7-24-16/h6-9,11H,4-5,10H2,1-3H3,(H,18,19,23). The second-order valence-electron chi connectivity index (χ2n) is 6.00. The second-order valence-corrected chi connectivity index (χ2v) is 8.83. The van der Waals surface area contributed by atoms with Gasteiger partial charge in [-0.25, -0.2) is 4.98 Å². The Morgan fingerprint density at radius 1 is 1.35 bits per heavy atom. The minimum atomic E-state index is -0.0921. The zero-order valence-electron chi connectivity index (χ0n) is 14.9. The average molecular weight is 408 g/mol. The monoisotopic (exact) mass is 407 g/mol. The number of thioether (sulfide) groups is 1. The number of amides is 1. The van der Waals surface area contributed by atoms with E-state index in [0.717, 1.165) is 29.4 Å². The fraction of sp³-hybridized carbons (Fsp3) is 0.412. The van der Waals surface area contributed by atoms with E-state index in [-0.39, 0.29) is 17.7 Å². The Morgan fingerprint density at radius 3 is 2.88 bits per heavy atom. The number of hydrogen-bond donors (Lipinski definition) is 1. The van der Waals surface area contributed by atoms with Crippen LogP contribution in [0.2, 0.25) is 0 Å². The third-order valence-electron chi connectivity index (χ3n) is 3.60. The molecule has 0 bridgehead atoms. The van der Waals surface area contributed by atoms with Gasteiger partial charge in [0, 0.05) is 33.4 Å². The molecular formula is C17H21N5OS3. The van der Waals surface area contributed by atoms with Crippen molar-refractivity contribution in [2.45, 2.75) is 44.8 Å². The highest BCUT2D eigenvalue weighted by atomic mass is 32.2. The van der Waals surface area contributed by atoms with Gasteiger partial charge in [-0.1, -0.05) is 25.1 Å². The molecule has 0 saturated heterocycles. The van der Waals surface area contributed by atoms with Crippen LogP contribution in [0.15, 0.2) is 28.2 Å². The summed E-state index contributed by atoms with van der Waals surface area (Å²) >= 11 is 4.56. The van der Waals surface area contributed by atoms with E-state index in [1.54, 1.807) is 17.5 Å². The van der Waals surface area contributed by atoms with Crippen LogP contribution in [0, 0.1) is 0 Å². The Kier molecular flexibility index (Phi) is 6.44. The van der Waals surface area contributed by atoms with Gasteiger partial charge in [-0.3, -0.25) is 9.36 Å². The third kappa shape index (κ3) is 4.52. The van der Waals surface area contributed by atoms with Crippen molar-refractivity contribution in [3.63, 3.8) is 0 Å². The van der Waals surface area contributed by atoms with Gasteiger partial charge in [0.05, 0.1) is 5.75 Å². The first-order valence-corrected chi connectivity index (χ1v) is 11.2. The molecule has 0 radical (unpaired) electrons. The summed E-state index contributed by atoms with van der Waals surface area (Å²) in [5.74, 6) is 1.04. The Morgan fingerprint density at radius 2 is 2.19 bits per heavy atom. The molecule has 3 aromatic heterocycles. The van der Waals surface area contributed by atoms with Gasteiger partial charge in [0.1, 0.15) is 0 Å². The number of carbonyl (C=O) groups excluding carboxylic acids is 1. The van der Waals surface area contributed by atoms with Crippen LogP contribution in [0.1, 0.15) is 38.1 Å². The minimum Gasteiger partial charge on any atom is -0.301 e. The third-order valence-corrected chi connectivity index (χ3v) is 6.23. The Balaban J connectivity index is 1.73. The van der Waals surface area contributed by atoms with Crippen molar-refractivity contribution in [3.8, 4) is 11.4 Å². The van der Waals surface area contributed by atoms with Gasteiger partial charge in [0.25, 0.3) is 0 Å². The predicted octanol–water partition coefficient (Wildman–Crippen LogP) is 4.73. The summed E-state index contributed by atoms with van der Waals surface area (Å²) in [6, 6.07) is 2.40. The van der Waals surface area contributed by atoms with Gasteiger partial charge in [0.15, 0.2) is 16.1 Å². The number of hydrogen-bond acceptors (Lipinski definition) is 7. The molecule has 3 heterocycles. The fourth-order valence-electron chi connectivity index (χ4n) is 2.48. The lowest BCUT2D eigenvalue weighted by atomic mass is 10.2. The maximum atomic E-state index is 12.1. The summed E-state index contributed by atoms with van der Waals surface area (Å²) in [6.45, 7) is 6.39. The molecule has 0 unspecified atom stereocenters. The SMILES string of the molecule is CCCc1cc(-c2nnc(SCC(=O)Nc3nccs3)n2C(C)C)cs1. The average Bonchev–Trinajstić information content (AvgIpc) is 3.33. The topological polar surface area (TPSA) is 72.7 Å². The molecule has 0 atom stereocenters. The highest BCUT2D eigenvalue weighted by Gasteiger charge is 2.19. The first-order valence-electron chi connectivity index (χ1n) is 8.43. The van der Waals surface area contributed by atoms with Crippen molar-refractivity contribution in [3.05, 3.63) is 27.9 Å². The summed E-state index contributed by atoms with van der Waals surface area (Å²) in [5, 5.41) is 16.8. The molecule has 0 spiro atoms. The van der Waals surface area contributed by atoms with E-state index in [4.69, 9.17) is 0 Å². The van der Waals surface area contributed by atoms with Crippen molar-refractivity contribution in [2.75, 3.05) is 11.1 Å². The van der Waals surface area contributed by atoms with Crippen molar-refractivity contribution in [2.24, 2.45) is 0 Å². The van der Waals surface area contributed by atoms with Crippen LogP contribution in [0.4, 0.5) is 5.13 Å². The molecule has 138 valence electrons. The highest BCUT2D eigenvalue weighted by molar-refractivity contribution is 7.99. The molecule has 26 heavy (non-hydrogen) atoms. The van der Waals surface area contributed by atoms with Crippen LogP contribution in [0.3, 0.4) is 0 Å². The Labute approximate surface area is 165 Å². The Bertz CT molecular complexity index is 854. The molecule has 0 aromatic carbocycles. The van der Waals surface area contributed by atoms with Crippen LogP contribution < -0.4 is 5.32 Å². The number of nitrogens with zero attached hydrogens (tertiary/aromatic N) is 4. The molecule has 0 fully saturated rings. The van der Waals surface area contributed by atoms with Crippen molar-refractivity contribution < 1.29 is 4.79 Å². The fourth-order valence-corrected chi connectivity index (χ4v) is 4.86. The van der Waals surface area contributed by atoms with Gasteiger partial charge in [-0.05, 0) is 26.3 Å². The summed E-state index contributed by atoms with van der Waals surface area (Å²) in [7, 11) is 0. The molecule has 1 amide bonds. The van der Waals surface area contributed by atoms with E-state index in [1.165, 1.54) is 28.0 Å². The van der Waals surface area contributed by atoms with E-state index < -0.39 is 0 Å². The molecular weight excluding hydrogens is 386 g/mol. The number of aryl methyl sites for hydroxylation is 1. The summed E-state index contributed by atoms with van der Waals surface area (Å²) in [5.41, 5.74) is 1.10. The van der Waals surface area contributed by atoms with E-state index >= 15 is 0 Å². The minimum absolute atomic E-state index is 0.0921. The van der Waals surface area contributed by atoms with Crippen molar-refractivity contribution >= 4 is 45.5 Å². The largest absolute Gasteiger partial charge is 0.301 e. The Hall–Kier alpha value is -1.71. The van der Waals surface area contributed by atoms with Gasteiger partial charge in [-0.2, -0.15) is 0 Å². The highest BCUT2D eigenvalue weighted by Crippen LogP contribution is 2.31. The lowest BCUT2D eigenvalue weighted by Gasteiger charge is -2.13. The lowest BCUT2D eigenvalue weighted by Crippen LogP contribution is -2.14. The smallest absolute Gasteiger partial charge is 0.236 e. The lowest BCUT2D eigenvalue weighted by molar-refractivity contribution is -0.113. The van der Waals surface area contributed by atoms with Gasteiger partial charge in [-0.15, -0.1) is 32.9 Å². The molecule has 1 N–H and O–H groups in total. The number of nitrogens with one attached hydrogen (secondary N) is 1. The molecule has 0 aliphatic rings. The van der Waals surface area contributed by atoms with Crippen molar-refractivity contribution in [1.29, 1.82) is 0 Å². The summed E-state index contributed by atoms with van der Waals surface area (Å²) in [4.78, 5) is 17.5. The zero-order chi connectivity index (χ0) is 18.5. The summed E-state index contributed by atoms with van der Waals surface area (Å²) < 4.78 is 2.10. The molecule has 3 rings (SSSR count). The van der Waals surface area contributed by atoms with Gasteiger partial charge >= 0.3 is 0 Å². The maximum absolute atomic E-state index is 12.1. The predicted molar refractivity (Wildman–Crippen MR) is 109 cm³/mol. The number of aromatic nitrogens is 4. The number of thiazole rings is 1. The molecule has 0 saturated carbocycles. The van der Waals surface area contributed by atoms with Gasteiger partial charge < -0.3 is 5.32 Å². The molecule has 9 heteroatoms. The number of rotatable bonds is 8. The quantitative estimate of drug-likeness (QED) is 0.547. The van der Waals surface area contributed by atoms with E-state index in [2.05, 4.69) is 57.3 Å². The normalized spacial score (nSPS) is 11.2. The second kappa shape index (κ2) is 8.79. The number of thiophene rings is 1. The molecule has 0 aliphatic heterocycles. The maximum Gasteiger partial charge on any atom is 0.236 e. The zero-order valence-corrected chi connectivity index (χ0v) is 17.4. The van der Waals surface area contributed by atoms with E-state index in [0.29, 0.717) is 5.13 Å². The van der Waals surface area contributed by atoms with Crippen LogP contribution >= 0.6 is 34.4 Å². The van der Waals surface area contributed by atoms with E-state index in [1.807, 2.05) is 5.38 Å². The van der Waals surface area contributed by atoms with Crippen LogP contribution in [0.5, 0.6) is 0 Å². The van der Waals surface area contributed by atoms with Crippen molar-refractivity contribution in [1.82, 2.24) is 19.7 Å². The first-order chi connectivity index (χ1) is 12.6. The van der Waals surface area contributed by atoms with Crippen LogP contribution in [-0.4, -0.2) is 31.4 Å². The summed E-state index contributed by atoms with van der Waals surface area (Å²) in [6.07, 6.45) is 3.88. The molecule has 3 aromatic rings. The number of anilines is 1. The van der Waals surface area contributed by atoms with Crippen LogP contribution in [-0.2, 0) is 11.2 Å².